The van der Waals surface area contributed by atoms with Gasteiger partial charge in [0, 0.05) is 43.8 Å². The van der Waals surface area contributed by atoms with E-state index in [-0.39, 0.29) is 5.54 Å². The second-order valence-corrected chi connectivity index (χ2v) is 5.52. The molecule has 0 atom stereocenters. The summed E-state index contributed by atoms with van der Waals surface area (Å²) >= 11 is 2.05. The normalized spacial score (nSPS) is 39.4. The van der Waals surface area contributed by atoms with E-state index in [1.807, 2.05) is 0 Å². The Morgan fingerprint density at radius 2 is 2.07 bits per heavy atom. The van der Waals surface area contributed by atoms with Gasteiger partial charge in [-0.05, 0) is 12.8 Å². The molecule has 4 heteroatoms. The van der Waals surface area contributed by atoms with Gasteiger partial charge in [0.2, 0.25) is 0 Å². The van der Waals surface area contributed by atoms with Gasteiger partial charge in [-0.1, -0.05) is 0 Å². The number of hydrogen-bond donors (Lipinski definition) is 1. The summed E-state index contributed by atoms with van der Waals surface area (Å²) in [5.74, 6) is 2.53. The molecular weight excluding hydrogens is 196 g/mol. The average Bonchev–Trinajstić information content (AvgIpc) is 2.19. The lowest BCUT2D eigenvalue weighted by Gasteiger charge is -2.54. The molecule has 0 aromatic carbocycles. The highest BCUT2D eigenvalue weighted by Gasteiger charge is 2.47. The molecule has 1 heterocycles. The molecule has 2 fully saturated rings. The number of nitrogens with two attached hydrogens (primary N) is 1. The Balaban J connectivity index is 1.92. The number of nitrogens with zero attached hydrogens (tertiary/aromatic N) is 1. The molecule has 1 aliphatic carbocycles. The Hall–Kier alpha value is 0.230. The standard InChI is InChI=1S/C10H20N2OS/c1-13-9-6-10(7-9,8-11)12-2-4-14-5-3-12/h9H,2-8,11H2,1H3. The van der Waals surface area contributed by atoms with Gasteiger partial charge < -0.3 is 10.5 Å². The minimum Gasteiger partial charge on any atom is -0.381 e. The first-order valence-electron chi connectivity index (χ1n) is 5.36. The Bertz CT molecular complexity index is 189. The molecule has 0 aromatic rings. The van der Waals surface area contributed by atoms with Crippen molar-refractivity contribution in [3.05, 3.63) is 0 Å². The first kappa shape index (κ1) is 10.7. The topological polar surface area (TPSA) is 38.5 Å². The van der Waals surface area contributed by atoms with E-state index >= 15 is 0 Å². The van der Waals surface area contributed by atoms with Crippen LogP contribution in [0.1, 0.15) is 12.8 Å². The molecule has 1 aliphatic heterocycles. The van der Waals surface area contributed by atoms with Crippen LogP contribution in [-0.4, -0.2) is 54.8 Å². The zero-order valence-electron chi connectivity index (χ0n) is 8.87. The quantitative estimate of drug-likeness (QED) is 0.747. The molecule has 0 spiro atoms. The summed E-state index contributed by atoms with van der Waals surface area (Å²) in [6.07, 6.45) is 2.71. The molecule has 14 heavy (non-hydrogen) atoms. The van der Waals surface area contributed by atoms with Gasteiger partial charge in [0.1, 0.15) is 0 Å². The summed E-state index contributed by atoms with van der Waals surface area (Å²) in [5.41, 5.74) is 6.19. The van der Waals surface area contributed by atoms with Crippen molar-refractivity contribution >= 4 is 11.8 Å². The van der Waals surface area contributed by atoms with Crippen molar-refractivity contribution in [2.75, 3.05) is 38.2 Å². The minimum atomic E-state index is 0.279. The molecule has 0 unspecified atom stereocenters. The fraction of sp³-hybridized carbons (Fsp3) is 1.00. The van der Waals surface area contributed by atoms with Crippen molar-refractivity contribution < 1.29 is 4.74 Å². The molecule has 1 saturated carbocycles. The maximum absolute atomic E-state index is 5.91. The second-order valence-electron chi connectivity index (χ2n) is 4.29. The Labute approximate surface area is 90.3 Å². The summed E-state index contributed by atoms with van der Waals surface area (Å²) in [5, 5.41) is 0. The number of ether oxygens (including phenoxy) is 1. The molecule has 0 amide bonds. The molecular formula is C10H20N2OS. The van der Waals surface area contributed by atoms with Crippen LogP contribution in [0.15, 0.2) is 0 Å². The predicted octanol–water partition coefficient (Wildman–Crippen LogP) is 0.541. The van der Waals surface area contributed by atoms with Crippen molar-refractivity contribution in [2.24, 2.45) is 5.73 Å². The number of thioether (sulfide) groups is 1. The second kappa shape index (κ2) is 4.39. The third-order valence-electron chi connectivity index (χ3n) is 3.61. The van der Waals surface area contributed by atoms with E-state index in [4.69, 9.17) is 10.5 Å². The van der Waals surface area contributed by atoms with E-state index in [9.17, 15) is 0 Å². The lowest BCUT2D eigenvalue weighted by Crippen LogP contribution is -2.65. The summed E-state index contributed by atoms with van der Waals surface area (Å²) in [4.78, 5) is 2.58. The first-order chi connectivity index (χ1) is 6.80. The van der Waals surface area contributed by atoms with E-state index in [1.54, 1.807) is 7.11 Å². The number of methoxy groups -OCH3 is 1. The summed E-state index contributed by atoms with van der Waals surface area (Å²) < 4.78 is 5.35. The molecule has 2 aliphatic rings. The summed E-state index contributed by atoms with van der Waals surface area (Å²) in [6, 6.07) is 0. The van der Waals surface area contributed by atoms with Gasteiger partial charge in [-0.2, -0.15) is 11.8 Å². The SMILES string of the molecule is COC1CC(CN)(N2CCSCC2)C1. The van der Waals surface area contributed by atoms with E-state index in [0.717, 1.165) is 19.4 Å². The fourth-order valence-corrected chi connectivity index (χ4v) is 3.45. The van der Waals surface area contributed by atoms with Crippen LogP contribution in [-0.2, 0) is 4.74 Å². The lowest BCUT2D eigenvalue weighted by atomic mass is 9.72. The van der Waals surface area contributed by atoms with Crippen LogP contribution in [0.25, 0.3) is 0 Å². The third kappa shape index (κ3) is 1.81. The van der Waals surface area contributed by atoms with Gasteiger partial charge in [-0.25, -0.2) is 0 Å². The van der Waals surface area contributed by atoms with Gasteiger partial charge in [0.05, 0.1) is 6.10 Å². The first-order valence-corrected chi connectivity index (χ1v) is 6.52. The van der Waals surface area contributed by atoms with E-state index < -0.39 is 0 Å². The molecule has 82 valence electrons. The summed E-state index contributed by atoms with van der Waals surface area (Å²) in [7, 11) is 1.80. The van der Waals surface area contributed by atoms with Crippen LogP contribution in [0, 0.1) is 0 Å². The van der Waals surface area contributed by atoms with Crippen molar-refractivity contribution in [3.8, 4) is 0 Å². The Morgan fingerprint density at radius 1 is 1.43 bits per heavy atom. The predicted molar refractivity (Wildman–Crippen MR) is 60.7 cm³/mol. The van der Waals surface area contributed by atoms with E-state index in [0.29, 0.717) is 6.10 Å². The van der Waals surface area contributed by atoms with Crippen LogP contribution < -0.4 is 5.73 Å². The van der Waals surface area contributed by atoms with E-state index in [2.05, 4.69) is 16.7 Å². The molecule has 2 rings (SSSR count). The average molecular weight is 216 g/mol. The molecule has 1 saturated heterocycles. The number of rotatable bonds is 3. The van der Waals surface area contributed by atoms with E-state index in [1.165, 1.54) is 24.6 Å². The highest BCUT2D eigenvalue weighted by Crippen LogP contribution is 2.39. The minimum absolute atomic E-state index is 0.279. The van der Waals surface area contributed by atoms with Crippen molar-refractivity contribution in [3.63, 3.8) is 0 Å². The third-order valence-corrected chi connectivity index (χ3v) is 4.55. The van der Waals surface area contributed by atoms with Gasteiger partial charge >= 0.3 is 0 Å². The van der Waals surface area contributed by atoms with Crippen LogP contribution in [0.3, 0.4) is 0 Å². The monoisotopic (exact) mass is 216 g/mol. The summed E-state index contributed by atoms with van der Waals surface area (Å²) in [6.45, 7) is 3.20. The van der Waals surface area contributed by atoms with Crippen molar-refractivity contribution in [2.45, 2.75) is 24.5 Å². The van der Waals surface area contributed by atoms with Crippen LogP contribution in [0.5, 0.6) is 0 Å². The van der Waals surface area contributed by atoms with Crippen LogP contribution in [0.4, 0.5) is 0 Å². The molecule has 0 bridgehead atoms. The Kier molecular flexibility index (Phi) is 3.37. The largest absolute Gasteiger partial charge is 0.381 e. The van der Waals surface area contributed by atoms with Gasteiger partial charge in [0.15, 0.2) is 0 Å². The van der Waals surface area contributed by atoms with Crippen molar-refractivity contribution in [1.29, 1.82) is 0 Å². The van der Waals surface area contributed by atoms with Gasteiger partial charge in [-0.3, -0.25) is 4.90 Å². The molecule has 0 radical (unpaired) electrons. The lowest BCUT2D eigenvalue weighted by molar-refractivity contribution is -0.0840. The van der Waals surface area contributed by atoms with Crippen LogP contribution >= 0.6 is 11.8 Å². The molecule has 2 N–H and O–H groups in total. The zero-order valence-corrected chi connectivity index (χ0v) is 9.68. The molecule has 0 aromatic heterocycles. The number of hydrogen-bond acceptors (Lipinski definition) is 4. The van der Waals surface area contributed by atoms with Gasteiger partial charge in [0.25, 0.3) is 0 Å². The fourth-order valence-electron chi connectivity index (χ4n) is 2.55. The smallest absolute Gasteiger partial charge is 0.0607 e. The highest BCUT2D eigenvalue weighted by atomic mass is 32.2. The maximum atomic E-state index is 5.91. The zero-order chi connectivity index (χ0) is 10.0. The maximum Gasteiger partial charge on any atom is 0.0607 e. The Morgan fingerprint density at radius 3 is 2.57 bits per heavy atom. The van der Waals surface area contributed by atoms with Crippen LogP contribution in [0.2, 0.25) is 0 Å². The molecule has 3 nitrogen and oxygen atoms in total. The van der Waals surface area contributed by atoms with Crippen molar-refractivity contribution in [1.82, 2.24) is 4.90 Å². The highest BCUT2D eigenvalue weighted by molar-refractivity contribution is 7.99. The van der Waals surface area contributed by atoms with Gasteiger partial charge in [-0.15, -0.1) is 0 Å².